The molecule has 1 N–H and O–H groups in total. The van der Waals surface area contributed by atoms with Gasteiger partial charge in [-0.3, -0.25) is 4.79 Å². The molecule has 1 aromatic heterocycles. The molecule has 6 nitrogen and oxygen atoms in total. The highest BCUT2D eigenvalue weighted by molar-refractivity contribution is 5.85. The molecule has 2 rings (SSSR count). The molecular weight excluding hydrogens is 316 g/mol. The van der Waals surface area contributed by atoms with Gasteiger partial charge in [-0.25, -0.2) is 0 Å². The molecule has 1 saturated heterocycles. The largest absolute Gasteiger partial charge is 0.339 e. The number of hydrogen-bond acceptors (Lipinski definition) is 5. The lowest BCUT2D eigenvalue weighted by Crippen LogP contribution is -2.42. The van der Waals surface area contributed by atoms with Gasteiger partial charge in [0.2, 0.25) is 11.8 Å². The molecule has 7 heteroatoms. The summed E-state index contributed by atoms with van der Waals surface area (Å²) in [7, 11) is 0. The Bertz CT molecular complexity index is 461. The van der Waals surface area contributed by atoms with Crippen LogP contribution in [0.3, 0.4) is 0 Å². The SMILES string of the molecule is CCCc1noc(CCCC(=O)N(CCC)C2CCNC2)n1.Cl. The third-order valence-electron chi connectivity index (χ3n) is 4.02. The van der Waals surface area contributed by atoms with Gasteiger partial charge in [-0.05, 0) is 32.2 Å². The highest BCUT2D eigenvalue weighted by Crippen LogP contribution is 2.13. The zero-order chi connectivity index (χ0) is 15.8. The van der Waals surface area contributed by atoms with E-state index < -0.39 is 0 Å². The molecule has 1 aromatic rings. The summed E-state index contributed by atoms with van der Waals surface area (Å²) in [4.78, 5) is 18.8. The minimum Gasteiger partial charge on any atom is -0.339 e. The van der Waals surface area contributed by atoms with E-state index in [4.69, 9.17) is 4.52 Å². The van der Waals surface area contributed by atoms with E-state index in [1.54, 1.807) is 0 Å². The van der Waals surface area contributed by atoms with Gasteiger partial charge in [-0.1, -0.05) is 19.0 Å². The van der Waals surface area contributed by atoms with E-state index >= 15 is 0 Å². The fourth-order valence-corrected chi connectivity index (χ4v) is 2.91. The van der Waals surface area contributed by atoms with Crippen molar-refractivity contribution in [3.8, 4) is 0 Å². The second kappa shape index (κ2) is 10.6. The number of aromatic nitrogens is 2. The van der Waals surface area contributed by atoms with Gasteiger partial charge in [0.05, 0.1) is 0 Å². The molecule has 132 valence electrons. The van der Waals surface area contributed by atoms with Gasteiger partial charge in [-0.15, -0.1) is 12.4 Å². The first kappa shape index (κ1) is 19.9. The standard InChI is InChI=1S/C16H28N4O2.ClH/c1-3-6-14-18-15(22-19-14)7-5-8-16(21)20(11-4-2)13-9-10-17-12-13;/h13,17H,3-12H2,1-2H3;1H. The van der Waals surface area contributed by atoms with Crippen LogP contribution in [0.4, 0.5) is 0 Å². The topological polar surface area (TPSA) is 71.3 Å². The normalized spacial score (nSPS) is 17.0. The van der Waals surface area contributed by atoms with E-state index in [0.717, 1.165) is 57.6 Å². The Morgan fingerprint density at radius 1 is 1.35 bits per heavy atom. The number of amides is 1. The second-order valence-corrected chi connectivity index (χ2v) is 5.94. The zero-order valence-electron chi connectivity index (χ0n) is 14.2. The van der Waals surface area contributed by atoms with Crippen LogP contribution in [0.2, 0.25) is 0 Å². The summed E-state index contributed by atoms with van der Waals surface area (Å²) < 4.78 is 5.21. The van der Waals surface area contributed by atoms with Crippen molar-refractivity contribution in [1.82, 2.24) is 20.4 Å². The van der Waals surface area contributed by atoms with E-state index in [1.165, 1.54) is 0 Å². The molecule has 0 aromatic carbocycles. The fraction of sp³-hybridized carbons (Fsp3) is 0.812. The van der Waals surface area contributed by atoms with E-state index in [1.807, 2.05) is 0 Å². The van der Waals surface area contributed by atoms with Gasteiger partial charge in [0, 0.05) is 38.4 Å². The van der Waals surface area contributed by atoms with Crippen LogP contribution in [0.15, 0.2) is 4.52 Å². The summed E-state index contributed by atoms with van der Waals surface area (Å²) in [6.07, 6.45) is 5.95. The number of carbonyl (C=O) groups excluding carboxylic acids is 1. The summed E-state index contributed by atoms with van der Waals surface area (Å²) in [6.45, 7) is 7.01. The van der Waals surface area contributed by atoms with Crippen molar-refractivity contribution in [2.24, 2.45) is 0 Å². The summed E-state index contributed by atoms with van der Waals surface area (Å²) in [5.74, 6) is 1.68. The summed E-state index contributed by atoms with van der Waals surface area (Å²) in [5.41, 5.74) is 0. The average molecular weight is 345 g/mol. The Balaban J connectivity index is 0.00000264. The molecule has 0 saturated carbocycles. The monoisotopic (exact) mass is 344 g/mol. The number of aryl methyl sites for hydroxylation is 2. The zero-order valence-corrected chi connectivity index (χ0v) is 15.0. The van der Waals surface area contributed by atoms with Crippen LogP contribution in [0.5, 0.6) is 0 Å². The minimum absolute atomic E-state index is 0. The lowest BCUT2D eigenvalue weighted by Gasteiger charge is -2.28. The Morgan fingerprint density at radius 2 is 2.17 bits per heavy atom. The van der Waals surface area contributed by atoms with Crippen molar-refractivity contribution >= 4 is 18.3 Å². The van der Waals surface area contributed by atoms with Crippen LogP contribution in [0.25, 0.3) is 0 Å². The second-order valence-electron chi connectivity index (χ2n) is 5.94. The van der Waals surface area contributed by atoms with Gasteiger partial charge in [0.1, 0.15) is 0 Å². The first-order chi connectivity index (χ1) is 10.7. The molecule has 0 radical (unpaired) electrons. The third kappa shape index (κ3) is 6.11. The number of rotatable bonds is 9. The highest BCUT2D eigenvalue weighted by Gasteiger charge is 2.25. The Hall–Kier alpha value is -1.14. The first-order valence-electron chi connectivity index (χ1n) is 8.56. The van der Waals surface area contributed by atoms with E-state index in [-0.39, 0.29) is 18.3 Å². The molecule has 0 bridgehead atoms. The third-order valence-corrected chi connectivity index (χ3v) is 4.02. The molecule has 1 amide bonds. The molecule has 1 unspecified atom stereocenters. The molecule has 1 aliphatic rings. The van der Waals surface area contributed by atoms with Crippen molar-refractivity contribution in [1.29, 1.82) is 0 Å². The van der Waals surface area contributed by atoms with Crippen molar-refractivity contribution < 1.29 is 9.32 Å². The maximum absolute atomic E-state index is 12.4. The number of halogens is 1. The average Bonchev–Trinajstić information content (AvgIpc) is 3.17. The van der Waals surface area contributed by atoms with Crippen molar-refractivity contribution in [2.75, 3.05) is 19.6 Å². The minimum atomic E-state index is 0. The van der Waals surface area contributed by atoms with Gasteiger partial charge in [0.15, 0.2) is 5.82 Å². The van der Waals surface area contributed by atoms with E-state index in [0.29, 0.717) is 24.8 Å². The van der Waals surface area contributed by atoms with Crippen LogP contribution in [-0.2, 0) is 17.6 Å². The maximum atomic E-state index is 12.4. The Kier molecular flexibility index (Phi) is 9.17. The van der Waals surface area contributed by atoms with Gasteiger partial charge >= 0.3 is 0 Å². The van der Waals surface area contributed by atoms with E-state index in [9.17, 15) is 4.79 Å². The quantitative estimate of drug-likeness (QED) is 0.744. The molecule has 1 aliphatic heterocycles. The molecular formula is C16H29ClN4O2. The van der Waals surface area contributed by atoms with Crippen molar-refractivity contribution in [3.63, 3.8) is 0 Å². The number of carbonyl (C=O) groups is 1. The van der Waals surface area contributed by atoms with Gasteiger partial charge < -0.3 is 14.7 Å². The number of nitrogens with one attached hydrogen (secondary N) is 1. The van der Waals surface area contributed by atoms with Crippen LogP contribution in [0.1, 0.15) is 57.7 Å². The van der Waals surface area contributed by atoms with Gasteiger partial charge in [-0.2, -0.15) is 4.98 Å². The lowest BCUT2D eigenvalue weighted by molar-refractivity contribution is -0.133. The predicted octanol–water partition coefficient (Wildman–Crippen LogP) is 2.37. The van der Waals surface area contributed by atoms with Crippen LogP contribution in [-0.4, -0.2) is 46.6 Å². The van der Waals surface area contributed by atoms with Crippen LogP contribution < -0.4 is 5.32 Å². The van der Waals surface area contributed by atoms with Crippen LogP contribution >= 0.6 is 12.4 Å². The Labute approximate surface area is 144 Å². The van der Waals surface area contributed by atoms with Crippen molar-refractivity contribution in [2.45, 2.75) is 64.8 Å². The fourth-order valence-electron chi connectivity index (χ4n) is 2.91. The van der Waals surface area contributed by atoms with Crippen molar-refractivity contribution in [3.05, 3.63) is 11.7 Å². The summed E-state index contributed by atoms with van der Waals surface area (Å²) >= 11 is 0. The molecule has 23 heavy (non-hydrogen) atoms. The molecule has 1 atom stereocenters. The maximum Gasteiger partial charge on any atom is 0.226 e. The Morgan fingerprint density at radius 3 is 2.83 bits per heavy atom. The highest BCUT2D eigenvalue weighted by atomic mass is 35.5. The van der Waals surface area contributed by atoms with Crippen LogP contribution in [0, 0.1) is 0 Å². The predicted molar refractivity (Wildman–Crippen MR) is 91.8 cm³/mol. The summed E-state index contributed by atoms with van der Waals surface area (Å²) in [5, 5.41) is 7.28. The first-order valence-corrected chi connectivity index (χ1v) is 8.56. The summed E-state index contributed by atoms with van der Waals surface area (Å²) in [6, 6.07) is 0.368. The van der Waals surface area contributed by atoms with Gasteiger partial charge in [0.25, 0.3) is 0 Å². The molecule has 2 heterocycles. The molecule has 0 spiro atoms. The lowest BCUT2D eigenvalue weighted by atomic mass is 10.1. The van der Waals surface area contributed by atoms with E-state index in [2.05, 4.69) is 34.2 Å². The number of hydrogen-bond donors (Lipinski definition) is 1. The number of nitrogens with zero attached hydrogens (tertiary/aromatic N) is 3. The molecule has 1 fully saturated rings. The molecule has 0 aliphatic carbocycles. The smallest absolute Gasteiger partial charge is 0.226 e.